The maximum absolute atomic E-state index is 12.3. The zero-order chi connectivity index (χ0) is 18.2. The van der Waals surface area contributed by atoms with E-state index in [1.54, 1.807) is 22.6 Å². The third-order valence-electron chi connectivity index (χ3n) is 4.26. The molecule has 1 atom stereocenters. The minimum atomic E-state index is -0.469. The molecule has 1 fully saturated rings. The second-order valence-electron chi connectivity index (χ2n) is 7.45. The molecular formula is C18H26N4O2S. The highest BCUT2D eigenvalue weighted by molar-refractivity contribution is 7.18. The molecule has 0 bridgehead atoms. The first kappa shape index (κ1) is 17.9. The van der Waals surface area contributed by atoms with Gasteiger partial charge in [0.25, 0.3) is 0 Å². The lowest BCUT2D eigenvalue weighted by atomic mass is 10.1. The van der Waals surface area contributed by atoms with Crippen LogP contribution in [0.15, 0.2) is 12.4 Å². The first-order chi connectivity index (χ1) is 11.8. The Balaban J connectivity index is 1.78. The summed E-state index contributed by atoms with van der Waals surface area (Å²) in [4.78, 5) is 27.7. The van der Waals surface area contributed by atoms with E-state index in [1.165, 1.54) is 4.88 Å². The standard InChI is InChI=1S/C18H26N4O2S/c1-6-13-9-14-15(19-11-20-16(14)25-13)22-8-7-21(10-12(22)2)17(23)24-18(3,4)5/h9,11-12H,6-8,10H2,1-5H3/t12-/m0/s1. The molecule has 0 spiro atoms. The van der Waals surface area contributed by atoms with E-state index in [0.717, 1.165) is 29.0 Å². The average molecular weight is 362 g/mol. The number of amides is 1. The molecular weight excluding hydrogens is 336 g/mol. The number of thiophene rings is 1. The molecule has 0 unspecified atom stereocenters. The molecule has 6 nitrogen and oxygen atoms in total. The van der Waals surface area contributed by atoms with E-state index in [9.17, 15) is 4.79 Å². The van der Waals surface area contributed by atoms with Crippen LogP contribution in [-0.4, -0.2) is 52.2 Å². The molecule has 1 aliphatic rings. The minimum absolute atomic E-state index is 0.171. The highest BCUT2D eigenvalue weighted by Crippen LogP contribution is 2.32. The van der Waals surface area contributed by atoms with Crippen molar-refractivity contribution in [3.8, 4) is 0 Å². The van der Waals surface area contributed by atoms with Crippen LogP contribution in [0.25, 0.3) is 10.2 Å². The molecule has 1 saturated heterocycles. The molecule has 2 aromatic rings. The van der Waals surface area contributed by atoms with Crippen LogP contribution in [0, 0.1) is 0 Å². The maximum Gasteiger partial charge on any atom is 0.410 e. The van der Waals surface area contributed by atoms with Crippen molar-refractivity contribution in [2.24, 2.45) is 0 Å². The van der Waals surface area contributed by atoms with Crippen molar-refractivity contribution in [1.82, 2.24) is 14.9 Å². The van der Waals surface area contributed by atoms with Crippen LogP contribution in [0.3, 0.4) is 0 Å². The smallest absolute Gasteiger partial charge is 0.410 e. The van der Waals surface area contributed by atoms with E-state index in [0.29, 0.717) is 13.1 Å². The molecule has 25 heavy (non-hydrogen) atoms. The molecule has 2 aromatic heterocycles. The summed E-state index contributed by atoms with van der Waals surface area (Å²) in [5.41, 5.74) is -0.469. The lowest BCUT2D eigenvalue weighted by Crippen LogP contribution is -2.54. The van der Waals surface area contributed by atoms with Crippen molar-refractivity contribution in [3.05, 3.63) is 17.3 Å². The maximum atomic E-state index is 12.3. The summed E-state index contributed by atoms with van der Waals surface area (Å²) < 4.78 is 5.50. The lowest BCUT2D eigenvalue weighted by molar-refractivity contribution is 0.0218. The van der Waals surface area contributed by atoms with E-state index in [2.05, 4.69) is 34.8 Å². The van der Waals surface area contributed by atoms with E-state index in [-0.39, 0.29) is 12.1 Å². The molecule has 0 aliphatic carbocycles. The molecule has 1 amide bonds. The number of ether oxygens (including phenoxy) is 1. The molecule has 0 N–H and O–H groups in total. The topological polar surface area (TPSA) is 58.6 Å². The van der Waals surface area contributed by atoms with Crippen LogP contribution >= 0.6 is 11.3 Å². The lowest BCUT2D eigenvalue weighted by Gasteiger charge is -2.40. The van der Waals surface area contributed by atoms with Gasteiger partial charge in [0.15, 0.2) is 0 Å². The Labute approximate surface area is 152 Å². The Hall–Kier alpha value is -1.89. The highest BCUT2D eigenvalue weighted by atomic mass is 32.1. The predicted molar refractivity (Wildman–Crippen MR) is 101 cm³/mol. The minimum Gasteiger partial charge on any atom is -0.444 e. The number of hydrogen-bond donors (Lipinski definition) is 0. The summed E-state index contributed by atoms with van der Waals surface area (Å²) in [6.07, 6.45) is 2.40. The number of nitrogens with zero attached hydrogens (tertiary/aromatic N) is 4. The number of rotatable bonds is 2. The van der Waals surface area contributed by atoms with Crippen molar-refractivity contribution in [3.63, 3.8) is 0 Å². The summed E-state index contributed by atoms with van der Waals surface area (Å²) in [5.74, 6) is 0.970. The van der Waals surface area contributed by atoms with Crippen molar-refractivity contribution >= 4 is 33.5 Å². The second-order valence-corrected chi connectivity index (χ2v) is 8.57. The van der Waals surface area contributed by atoms with Gasteiger partial charge in [-0.2, -0.15) is 0 Å². The second kappa shape index (κ2) is 6.78. The Bertz CT molecular complexity index is 768. The van der Waals surface area contributed by atoms with E-state index in [4.69, 9.17) is 4.74 Å². The fraction of sp³-hybridized carbons (Fsp3) is 0.611. The number of carbonyl (C=O) groups is 1. The first-order valence-corrected chi connectivity index (χ1v) is 9.58. The number of aromatic nitrogens is 2. The predicted octanol–water partition coefficient (Wildman–Crippen LogP) is 3.70. The van der Waals surface area contributed by atoms with E-state index >= 15 is 0 Å². The first-order valence-electron chi connectivity index (χ1n) is 8.76. The highest BCUT2D eigenvalue weighted by Gasteiger charge is 2.31. The quantitative estimate of drug-likeness (QED) is 0.815. The van der Waals surface area contributed by atoms with Crippen molar-refractivity contribution in [2.75, 3.05) is 24.5 Å². The van der Waals surface area contributed by atoms with Crippen LogP contribution in [0.5, 0.6) is 0 Å². The Kier molecular flexibility index (Phi) is 4.86. The number of piperazine rings is 1. The Morgan fingerprint density at radius 1 is 1.36 bits per heavy atom. The fourth-order valence-electron chi connectivity index (χ4n) is 3.06. The summed E-state index contributed by atoms with van der Waals surface area (Å²) in [6.45, 7) is 12.0. The zero-order valence-electron chi connectivity index (χ0n) is 15.6. The average Bonchev–Trinajstić information content (AvgIpc) is 2.96. The van der Waals surface area contributed by atoms with Crippen LogP contribution in [0.1, 0.15) is 39.5 Å². The Morgan fingerprint density at radius 2 is 2.12 bits per heavy atom. The van der Waals surface area contributed by atoms with Crippen LogP contribution in [0.4, 0.5) is 10.6 Å². The molecule has 7 heteroatoms. The van der Waals surface area contributed by atoms with Gasteiger partial charge in [0.2, 0.25) is 0 Å². The van der Waals surface area contributed by atoms with Gasteiger partial charge in [0.05, 0.1) is 5.39 Å². The SMILES string of the molecule is CCc1cc2c(N3CCN(C(=O)OC(C)(C)C)C[C@@H]3C)ncnc2s1. The third kappa shape index (κ3) is 3.86. The number of anilines is 1. The zero-order valence-corrected chi connectivity index (χ0v) is 16.4. The largest absolute Gasteiger partial charge is 0.444 e. The van der Waals surface area contributed by atoms with Gasteiger partial charge in [-0.3, -0.25) is 0 Å². The van der Waals surface area contributed by atoms with Gasteiger partial charge < -0.3 is 14.5 Å². The number of hydrogen-bond acceptors (Lipinski definition) is 6. The van der Waals surface area contributed by atoms with Gasteiger partial charge in [0.1, 0.15) is 22.6 Å². The number of aryl methyl sites for hydroxylation is 1. The number of carbonyl (C=O) groups excluding carboxylic acids is 1. The van der Waals surface area contributed by atoms with Gasteiger partial charge in [0, 0.05) is 30.6 Å². The fourth-order valence-corrected chi connectivity index (χ4v) is 3.99. The molecule has 136 valence electrons. The van der Waals surface area contributed by atoms with Gasteiger partial charge >= 0.3 is 6.09 Å². The van der Waals surface area contributed by atoms with Gasteiger partial charge in [-0.05, 0) is 40.2 Å². The third-order valence-corrected chi connectivity index (χ3v) is 5.45. The summed E-state index contributed by atoms with van der Waals surface area (Å²) >= 11 is 1.73. The summed E-state index contributed by atoms with van der Waals surface area (Å²) in [7, 11) is 0. The van der Waals surface area contributed by atoms with Crippen LogP contribution in [-0.2, 0) is 11.2 Å². The van der Waals surface area contributed by atoms with Crippen molar-refractivity contribution < 1.29 is 9.53 Å². The molecule has 0 saturated carbocycles. The normalized spacial score (nSPS) is 18.7. The Morgan fingerprint density at radius 3 is 2.76 bits per heavy atom. The summed E-state index contributed by atoms with van der Waals surface area (Å²) in [5, 5.41) is 1.11. The molecule has 3 rings (SSSR count). The monoisotopic (exact) mass is 362 g/mol. The van der Waals surface area contributed by atoms with E-state index in [1.807, 2.05) is 20.8 Å². The van der Waals surface area contributed by atoms with Crippen molar-refractivity contribution in [2.45, 2.75) is 52.7 Å². The number of fused-ring (bicyclic) bond motifs is 1. The van der Waals surface area contributed by atoms with Crippen LogP contribution in [0.2, 0.25) is 0 Å². The molecule has 1 aliphatic heterocycles. The van der Waals surface area contributed by atoms with E-state index < -0.39 is 5.60 Å². The van der Waals surface area contributed by atoms with Gasteiger partial charge in [-0.15, -0.1) is 11.3 Å². The van der Waals surface area contributed by atoms with Crippen LogP contribution < -0.4 is 4.90 Å². The van der Waals surface area contributed by atoms with Crippen molar-refractivity contribution in [1.29, 1.82) is 0 Å². The van der Waals surface area contributed by atoms with Gasteiger partial charge in [-0.25, -0.2) is 14.8 Å². The molecule has 3 heterocycles. The molecule has 0 radical (unpaired) electrons. The molecule has 0 aromatic carbocycles. The van der Waals surface area contributed by atoms with Gasteiger partial charge in [-0.1, -0.05) is 6.92 Å². The summed E-state index contributed by atoms with van der Waals surface area (Å²) in [6, 6.07) is 2.37.